The molecule has 0 bridgehead atoms. The van der Waals surface area contributed by atoms with Crippen LogP contribution in [0, 0.1) is 11.3 Å². The number of carbonyl (C=O) groups excluding carboxylic acids is 1. The van der Waals surface area contributed by atoms with Gasteiger partial charge < -0.3 is 10.4 Å². The van der Waals surface area contributed by atoms with E-state index in [0.29, 0.717) is 6.54 Å². The van der Waals surface area contributed by atoms with E-state index in [1.54, 1.807) is 0 Å². The Morgan fingerprint density at radius 2 is 2.19 bits per heavy atom. The highest BCUT2D eigenvalue weighted by Gasteiger charge is 2.55. The molecule has 1 heterocycles. The normalized spacial score (nSPS) is 30.1. The van der Waals surface area contributed by atoms with Crippen molar-refractivity contribution in [2.75, 3.05) is 19.6 Å². The number of carboxylic acids is 1. The Bertz CT molecular complexity index is 399. The van der Waals surface area contributed by atoms with E-state index in [-0.39, 0.29) is 17.9 Å². The van der Waals surface area contributed by atoms with Crippen LogP contribution in [-0.2, 0) is 9.59 Å². The molecule has 0 spiro atoms. The number of carbonyl (C=O) groups is 2. The maximum Gasteiger partial charge on any atom is 0.311 e. The van der Waals surface area contributed by atoms with E-state index < -0.39 is 11.4 Å². The summed E-state index contributed by atoms with van der Waals surface area (Å²) in [5.74, 6) is -0.431. The van der Waals surface area contributed by atoms with Gasteiger partial charge in [0.2, 0.25) is 5.91 Å². The number of amides is 1. The lowest BCUT2D eigenvalue weighted by molar-refractivity contribution is -0.149. The molecule has 5 nitrogen and oxygen atoms in total. The number of nitrogens with one attached hydrogen (secondary N) is 1. The summed E-state index contributed by atoms with van der Waals surface area (Å²) in [6.45, 7) is 6.02. The SMILES string of the molecule is CCCCCNC(=O)C(C)N1C[C@@H]2CCC[C@@]2(C(=O)O)C1. The highest BCUT2D eigenvalue weighted by atomic mass is 16.4. The molecule has 1 saturated heterocycles. The van der Waals surface area contributed by atoms with Crippen molar-refractivity contribution in [1.29, 1.82) is 0 Å². The van der Waals surface area contributed by atoms with E-state index in [1.807, 2.05) is 6.92 Å². The molecule has 0 aromatic rings. The molecule has 2 aliphatic rings. The van der Waals surface area contributed by atoms with Gasteiger partial charge in [-0.15, -0.1) is 0 Å². The number of nitrogens with zero attached hydrogens (tertiary/aromatic N) is 1. The van der Waals surface area contributed by atoms with Crippen LogP contribution in [0.25, 0.3) is 0 Å². The number of likely N-dealkylation sites (tertiary alicyclic amines) is 1. The van der Waals surface area contributed by atoms with Crippen LogP contribution >= 0.6 is 0 Å². The van der Waals surface area contributed by atoms with Crippen LogP contribution in [0.5, 0.6) is 0 Å². The van der Waals surface area contributed by atoms with Gasteiger partial charge in [-0.2, -0.15) is 0 Å². The van der Waals surface area contributed by atoms with E-state index in [2.05, 4.69) is 17.1 Å². The second-order valence-corrected chi connectivity index (χ2v) is 6.65. The van der Waals surface area contributed by atoms with Gasteiger partial charge in [0.05, 0.1) is 11.5 Å². The van der Waals surface area contributed by atoms with E-state index >= 15 is 0 Å². The third-order valence-electron chi connectivity index (χ3n) is 5.33. The predicted molar refractivity (Wildman–Crippen MR) is 81.0 cm³/mol. The summed E-state index contributed by atoms with van der Waals surface area (Å²) in [5.41, 5.74) is -0.600. The van der Waals surface area contributed by atoms with Crippen molar-refractivity contribution in [3.63, 3.8) is 0 Å². The van der Waals surface area contributed by atoms with Crippen molar-refractivity contribution in [2.45, 2.75) is 58.4 Å². The minimum absolute atomic E-state index is 0.0339. The Morgan fingerprint density at radius 3 is 2.81 bits per heavy atom. The Labute approximate surface area is 127 Å². The molecule has 0 aromatic heterocycles. The average Bonchev–Trinajstić information content (AvgIpc) is 3.00. The van der Waals surface area contributed by atoms with Gasteiger partial charge in [-0.1, -0.05) is 26.2 Å². The van der Waals surface area contributed by atoms with Crippen molar-refractivity contribution in [3.05, 3.63) is 0 Å². The third kappa shape index (κ3) is 3.23. The summed E-state index contributed by atoms with van der Waals surface area (Å²) >= 11 is 0. The summed E-state index contributed by atoms with van der Waals surface area (Å²) in [4.78, 5) is 25.9. The maximum absolute atomic E-state index is 12.2. The summed E-state index contributed by atoms with van der Waals surface area (Å²) in [6.07, 6.45) is 6.02. The topological polar surface area (TPSA) is 69.6 Å². The van der Waals surface area contributed by atoms with Crippen LogP contribution in [0.4, 0.5) is 0 Å². The van der Waals surface area contributed by atoms with Gasteiger partial charge in [0.25, 0.3) is 0 Å². The first-order chi connectivity index (χ1) is 10.0. The smallest absolute Gasteiger partial charge is 0.311 e. The molecule has 0 radical (unpaired) electrons. The largest absolute Gasteiger partial charge is 0.481 e. The zero-order valence-electron chi connectivity index (χ0n) is 13.2. The Balaban J connectivity index is 1.88. The third-order valence-corrected chi connectivity index (χ3v) is 5.33. The summed E-state index contributed by atoms with van der Waals surface area (Å²) in [7, 11) is 0. The summed E-state index contributed by atoms with van der Waals surface area (Å²) < 4.78 is 0. The molecule has 1 aliphatic heterocycles. The van der Waals surface area contributed by atoms with Crippen molar-refractivity contribution >= 4 is 11.9 Å². The zero-order valence-corrected chi connectivity index (χ0v) is 13.2. The van der Waals surface area contributed by atoms with Crippen LogP contribution in [0.1, 0.15) is 52.4 Å². The molecule has 2 fully saturated rings. The average molecular weight is 296 g/mol. The first-order valence-corrected chi connectivity index (χ1v) is 8.26. The molecule has 2 rings (SSSR count). The van der Waals surface area contributed by atoms with Crippen molar-refractivity contribution < 1.29 is 14.7 Å². The van der Waals surface area contributed by atoms with Gasteiger partial charge >= 0.3 is 5.97 Å². The fourth-order valence-electron chi connectivity index (χ4n) is 3.87. The number of hydrogen-bond donors (Lipinski definition) is 2. The van der Waals surface area contributed by atoms with Crippen molar-refractivity contribution in [3.8, 4) is 0 Å². The molecule has 5 heteroatoms. The van der Waals surface area contributed by atoms with E-state index in [9.17, 15) is 14.7 Å². The molecule has 3 atom stereocenters. The minimum Gasteiger partial charge on any atom is -0.481 e. The number of hydrogen-bond acceptors (Lipinski definition) is 3. The van der Waals surface area contributed by atoms with E-state index in [4.69, 9.17) is 0 Å². The molecule has 1 amide bonds. The Kier molecular flexibility index (Phi) is 5.25. The van der Waals surface area contributed by atoms with Crippen LogP contribution in [0.2, 0.25) is 0 Å². The molecular weight excluding hydrogens is 268 g/mol. The first kappa shape index (κ1) is 16.3. The van der Waals surface area contributed by atoms with Gasteiger partial charge in [-0.25, -0.2) is 0 Å². The van der Waals surface area contributed by atoms with Gasteiger partial charge in [0.15, 0.2) is 0 Å². The van der Waals surface area contributed by atoms with Crippen LogP contribution < -0.4 is 5.32 Å². The molecule has 1 unspecified atom stereocenters. The number of aliphatic carboxylic acids is 1. The molecule has 120 valence electrons. The van der Waals surface area contributed by atoms with Gasteiger partial charge in [0, 0.05) is 19.6 Å². The van der Waals surface area contributed by atoms with Crippen LogP contribution in [0.15, 0.2) is 0 Å². The number of fused-ring (bicyclic) bond motifs is 1. The standard InChI is InChI=1S/C16H28N2O3/c1-3-4-5-9-17-14(19)12(2)18-10-13-7-6-8-16(13,11-18)15(20)21/h12-13H,3-11H2,1-2H3,(H,17,19)(H,20,21)/t12?,13-,16+/m0/s1. The number of unbranched alkanes of at least 4 members (excludes halogenated alkanes) is 2. The lowest BCUT2D eigenvalue weighted by Crippen LogP contribution is -2.46. The molecule has 1 aliphatic carbocycles. The molecule has 21 heavy (non-hydrogen) atoms. The number of rotatable bonds is 7. The lowest BCUT2D eigenvalue weighted by Gasteiger charge is -2.26. The lowest BCUT2D eigenvalue weighted by atomic mass is 9.81. The summed E-state index contributed by atoms with van der Waals surface area (Å²) in [6, 6.07) is -0.228. The highest BCUT2D eigenvalue weighted by molar-refractivity contribution is 5.82. The van der Waals surface area contributed by atoms with E-state index in [0.717, 1.165) is 51.6 Å². The van der Waals surface area contributed by atoms with E-state index in [1.165, 1.54) is 0 Å². The fourth-order valence-corrected chi connectivity index (χ4v) is 3.87. The predicted octanol–water partition coefficient (Wildman–Crippen LogP) is 1.87. The van der Waals surface area contributed by atoms with Crippen LogP contribution in [0.3, 0.4) is 0 Å². The molecule has 2 N–H and O–H groups in total. The highest BCUT2D eigenvalue weighted by Crippen LogP contribution is 2.49. The zero-order chi connectivity index (χ0) is 15.5. The monoisotopic (exact) mass is 296 g/mol. The number of carboxylic acid groups (broad SMARTS) is 1. The van der Waals surface area contributed by atoms with Gasteiger partial charge in [0.1, 0.15) is 0 Å². The quantitative estimate of drug-likeness (QED) is 0.704. The maximum atomic E-state index is 12.2. The van der Waals surface area contributed by atoms with Crippen molar-refractivity contribution in [1.82, 2.24) is 10.2 Å². The van der Waals surface area contributed by atoms with Gasteiger partial charge in [-0.3, -0.25) is 14.5 Å². The molecular formula is C16H28N2O3. The molecule has 1 saturated carbocycles. The Hall–Kier alpha value is -1.10. The second kappa shape index (κ2) is 6.77. The second-order valence-electron chi connectivity index (χ2n) is 6.65. The fraction of sp³-hybridized carbons (Fsp3) is 0.875. The van der Waals surface area contributed by atoms with Gasteiger partial charge in [-0.05, 0) is 32.1 Å². The van der Waals surface area contributed by atoms with Crippen LogP contribution in [-0.4, -0.2) is 47.6 Å². The molecule has 0 aromatic carbocycles. The van der Waals surface area contributed by atoms with Crippen molar-refractivity contribution in [2.24, 2.45) is 11.3 Å². The Morgan fingerprint density at radius 1 is 1.43 bits per heavy atom. The minimum atomic E-state index is -0.678. The first-order valence-electron chi connectivity index (χ1n) is 8.26. The summed E-state index contributed by atoms with van der Waals surface area (Å²) in [5, 5.41) is 12.6.